The average molecular weight is 334 g/mol. The number of aromatic amines is 1. The molecule has 130 valence electrons. The predicted molar refractivity (Wildman–Crippen MR) is 89.2 cm³/mol. The SMILES string of the molecule is COCC(C)(CC(=O)O)NC(=O)Cc1c[nH]c2cccc(OC)c12. The second kappa shape index (κ2) is 7.35. The molecule has 7 nitrogen and oxygen atoms in total. The fraction of sp³-hybridized carbons (Fsp3) is 0.412. The van der Waals surface area contributed by atoms with Gasteiger partial charge in [0.25, 0.3) is 0 Å². The van der Waals surface area contributed by atoms with E-state index in [4.69, 9.17) is 14.6 Å². The molecule has 0 aliphatic rings. The molecule has 1 atom stereocenters. The molecule has 1 aromatic heterocycles. The lowest BCUT2D eigenvalue weighted by molar-refractivity contribution is -0.139. The van der Waals surface area contributed by atoms with Crippen LogP contribution in [0.25, 0.3) is 10.9 Å². The van der Waals surface area contributed by atoms with Crippen LogP contribution in [0.1, 0.15) is 18.9 Å². The molecule has 0 fully saturated rings. The minimum atomic E-state index is -0.997. The van der Waals surface area contributed by atoms with Gasteiger partial charge in [-0.1, -0.05) is 6.07 Å². The van der Waals surface area contributed by atoms with E-state index < -0.39 is 11.5 Å². The molecule has 2 rings (SSSR count). The topological polar surface area (TPSA) is 101 Å². The highest BCUT2D eigenvalue weighted by Crippen LogP contribution is 2.28. The minimum absolute atomic E-state index is 0.110. The van der Waals surface area contributed by atoms with Crippen molar-refractivity contribution < 1.29 is 24.2 Å². The number of H-pyrrole nitrogens is 1. The maximum Gasteiger partial charge on any atom is 0.305 e. The van der Waals surface area contributed by atoms with Crippen LogP contribution in [-0.4, -0.2) is 48.3 Å². The maximum absolute atomic E-state index is 12.4. The number of carboxylic acids is 1. The summed E-state index contributed by atoms with van der Waals surface area (Å²) in [5, 5.41) is 12.6. The number of hydrogen-bond acceptors (Lipinski definition) is 4. The summed E-state index contributed by atoms with van der Waals surface area (Å²) in [6, 6.07) is 5.60. The van der Waals surface area contributed by atoms with E-state index in [1.807, 2.05) is 18.2 Å². The lowest BCUT2D eigenvalue weighted by atomic mass is 9.98. The Labute approximate surface area is 140 Å². The molecule has 1 amide bonds. The Hall–Kier alpha value is -2.54. The molecule has 0 saturated carbocycles. The lowest BCUT2D eigenvalue weighted by Crippen LogP contribution is -2.51. The van der Waals surface area contributed by atoms with Crippen LogP contribution in [-0.2, 0) is 20.7 Å². The quantitative estimate of drug-likeness (QED) is 0.682. The molecular weight excluding hydrogens is 312 g/mol. The standard InChI is InChI=1S/C17H22N2O5/c1-17(10-23-2,8-15(21)22)19-14(20)7-11-9-18-12-5-4-6-13(24-3)16(11)12/h4-6,9,18H,7-8,10H2,1-3H3,(H,19,20)(H,21,22). The fourth-order valence-electron chi connectivity index (χ4n) is 2.87. The van der Waals surface area contributed by atoms with Gasteiger partial charge in [0.05, 0.1) is 32.1 Å². The third kappa shape index (κ3) is 4.05. The molecule has 0 radical (unpaired) electrons. The van der Waals surface area contributed by atoms with Gasteiger partial charge in [-0.2, -0.15) is 0 Å². The molecule has 0 aliphatic carbocycles. The van der Waals surface area contributed by atoms with Crippen LogP contribution in [0.5, 0.6) is 5.75 Å². The van der Waals surface area contributed by atoms with Gasteiger partial charge in [-0.15, -0.1) is 0 Å². The van der Waals surface area contributed by atoms with Crippen LogP contribution in [0.15, 0.2) is 24.4 Å². The fourth-order valence-corrected chi connectivity index (χ4v) is 2.87. The number of carboxylic acid groups (broad SMARTS) is 1. The number of nitrogens with one attached hydrogen (secondary N) is 2. The Kier molecular flexibility index (Phi) is 5.46. The van der Waals surface area contributed by atoms with Crippen LogP contribution < -0.4 is 10.1 Å². The minimum Gasteiger partial charge on any atom is -0.496 e. The molecule has 0 saturated heterocycles. The zero-order valence-corrected chi connectivity index (χ0v) is 14.0. The molecule has 1 heterocycles. The molecule has 7 heteroatoms. The first-order chi connectivity index (χ1) is 11.4. The van der Waals surface area contributed by atoms with Crippen molar-refractivity contribution in [3.63, 3.8) is 0 Å². The number of aliphatic carboxylic acids is 1. The Morgan fingerprint density at radius 2 is 2.08 bits per heavy atom. The Morgan fingerprint density at radius 3 is 2.71 bits per heavy atom. The highest BCUT2D eigenvalue weighted by atomic mass is 16.5. The smallest absolute Gasteiger partial charge is 0.305 e. The van der Waals surface area contributed by atoms with Gasteiger partial charge < -0.3 is 24.9 Å². The van der Waals surface area contributed by atoms with Crippen molar-refractivity contribution in [3.05, 3.63) is 30.0 Å². The van der Waals surface area contributed by atoms with Gasteiger partial charge >= 0.3 is 5.97 Å². The summed E-state index contributed by atoms with van der Waals surface area (Å²) in [7, 11) is 3.05. The molecule has 3 N–H and O–H groups in total. The van der Waals surface area contributed by atoms with Crippen LogP contribution in [0, 0.1) is 0 Å². The van der Waals surface area contributed by atoms with Gasteiger partial charge in [0.15, 0.2) is 0 Å². The molecule has 0 bridgehead atoms. The molecule has 24 heavy (non-hydrogen) atoms. The van der Waals surface area contributed by atoms with Crippen molar-refractivity contribution in [2.75, 3.05) is 20.8 Å². The van der Waals surface area contributed by atoms with E-state index in [0.717, 1.165) is 16.5 Å². The monoisotopic (exact) mass is 334 g/mol. The summed E-state index contributed by atoms with van der Waals surface area (Å²) in [4.78, 5) is 26.5. The Balaban J connectivity index is 2.18. The average Bonchev–Trinajstić information content (AvgIpc) is 2.89. The van der Waals surface area contributed by atoms with Crippen LogP contribution >= 0.6 is 0 Å². The maximum atomic E-state index is 12.4. The van der Waals surface area contributed by atoms with Gasteiger partial charge in [-0.05, 0) is 24.6 Å². The van der Waals surface area contributed by atoms with Crippen LogP contribution in [0.3, 0.4) is 0 Å². The number of benzene rings is 1. The summed E-state index contributed by atoms with van der Waals surface area (Å²) in [5.41, 5.74) is 0.700. The number of carbonyl (C=O) groups excluding carboxylic acids is 1. The van der Waals surface area contributed by atoms with Crippen molar-refractivity contribution >= 4 is 22.8 Å². The van der Waals surface area contributed by atoms with E-state index in [-0.39, 0.29) is 25.4 Å². The number of methoxy groups -OCH3 is 2. The van der Waals surface area contributed by atoms with E-state index in [9.17, 15) is 9.59 Å². The first-order valence-corrected chi connectivity index (χ1v) is 7.53. The van der Waals surface area contributed by atoms with Gasteiger partial charge in [0.2, 0.25) is 5.91 Å². The van der Waals surface area contributed by atoms with Crippen LogP contribution in [0.2, 0.25) is 0 Å². The highest BCUT2D eigenvalue weighted by Gasteiger charge is 2.29. The van der Waals surface area contributed by atoms with Crippen molar-refractivity contribution in [2.45, 2.75) is 25.3 Å². The third-order valence-corrected chi connectivity index (χ3v) is 3.77. The Bertz CT molecular complexity index is 740. The van der Waals surface area contributed by atoms with E-state index in [1.54, 1.807) is 20.2 Å². The predicted octanol–water partition coefficient (Wildman–Crippen LogP) is 1.72. The summed E-state index contributed by atoms with van der Waals surface area (Å²) in [6.07, 6.45) is 1.65. The molecule has 2 aromatic rings. The summed E-state index contributed by atoms with van der Waals surface area (Å²) in [6.45, 7) is 1.76. The van der Waals surface area contributed by atoms with E-state index >= 15 is 0 Å². The summed E-state index contributed by atoms with van der Waals surface area (Å²) < 4.78 is 10.4. The molecule has 0 spiro atoms. The number of amides is 1. The molecular formula is C17H22N2O5. The van der Waals surface area contributed by atoms with E-state index in [2.05, 4.69) is 10.3 Å². The van der Waals surface area contributed by atoms with Crippen LogP contribution in [0.4, 0.5) is 0 Å². The van der Waals surface area contributed by atoms with Crippen molar-refractivity contribution in [2.24, 2.45) is 0 Å². The van der Waals surface area contributed by atoms with Crippen molar-refractivity contribution in [1.82, 2.24) is 10.3 Å². The summed E-state index contributed by atoms with van der Waals surface area (Å²) >= 11 is 0. The summed E-state index contributed by atoms with van der Waals surface area (Å²) in [5.74, 6) is -0.590. The number of rotatable bonds is 8. The van der Waals surface area contributed by atoms with Crippen molar-refractivity contribution in [3.8, 4) is 5.75 Å². The number of ether oxygens (including phenoxy) is 2. The number of fused-ring (bicyclic) bond motifs is 1. The zero-order valence-electron chi connectivity index (χ0n) is 14.0. The van der Waals surface area contributed by atoms with Gasteiger partial charge in [-0.25, -0.2) is 0 Å². The molecule has 1 unspecified atom stereocenters. The first-order valence-electron chi connectivity index (χ1n) is 7.53. The van der Waals surface area contributed by atoms with Gasteiger partial charge in [0, 0.05) is 24.2 Å². The first kappa shape index (κ1) is 17.8. The molecule has 1 aromatic carbocycles. The normalized spacial score (nSPS) is 13.5. The highest BCUT2D eigenvalue weighted by molar-refractivity contribution is 5.93. The van der Waals surface area contributed by atoms with Gasteiger partial charge in [-0.3, -0.25) is 9.59 Å². The second-order valence-corrected chi connectivity index (χ2v) is 5.99. The van der Waals surface area contributed by atoms with E-state index in [1.165, 1.54) is 7.11 Å². The number of carbonyl (C=O) groups is 2. The molecule has 0 aliphatic heterocycles. The van der Waals surface area contributed by atoms with Crippen molar-refractivity contribution in [1.29, 1.82) is 0 Å². The Morgan fingerprint density at radius 1 is 1.33 bits per heavy atom. The number of aromatic nitrogens is 1. The second-order valence-electron chi connectivity index (χ2n) is 5.99. The largest absolute Gasteiger partial charge is 0.496 e. The van der Waals surface area contributed by atoms with Gasteiger partial charge in [0.1, 0.15) is 5.75 Å². The number of hydrogen-bond donors (Lipinski definition) is 3. The van der Waals surface area contributed by atoms with E-state index in [0.29, 0.717) is 5.75 Å². The lowest BCUT2D eigenvalue weighted by Gasteiger charge is -2.28. The zero-order chi connectivity index (χ0) is 17.7. The third-order valence-electron chi connectivity index (χ3n) is 3.77.